The maximum absolute atomic E-state index is 11.8. The van der Waals surface area contributed by atoms with Gasteiger partial charge in [-0.2, -0.15) is 0 Å². The molecular formula is C14H29N3O. The highest BCUT2D eigenvalue weighted by Gasteiger charge is 2.29. The average Bonchev–Trinajstić information content (AvgIpc) is 3.10. The molecule has 4 heteroatoms. The van der Waals surface area contributed by atoms with E-state index in [-0.39, 0.29) is 5.91 Å². The molecule has 1 saturated carbocycles. The number of carbonyl (C=O) groups is 1. The maximum atomic E-state index is 11.8. The van der Waals surface area contributed by atoms with Crippen molar-refractivity contribution in [3.05, 3.63) is 0 Å². The van der Waals surface area contributed by atoms with E-state index in [0.717, 1.165) is 13.1 Å². The van der Waals surface area contributed by atoms with Gasteiger partial charge in [0.05, 0.1) is 6.54 Å². The molecule has 4 nitrogen and oxygen atoms in total. The van der Waals surface area contributed by atoms with Crippen LogP contribution in [0.15, 0.2) is 0 Å². The topological polar surface area (TPSA) is 35.6 Å². The summed E-state index contributed by atoms with van der Waals surface area (Å²) in [5, 5.41) is 3.26. The molecule has 0 aromatic heterocycles. The summed E-state index contributed by atoms with van der Waals surface area (Å²) in [6.45, 7) is 11.2. The summed E-state index contributed by atoms with van der Waals surface area (Å²) in [4.78, 5) is 16.1. The summed E-state index contributed by atoms with van der Waals surface area (Å²) in [5.74, 6) is 0.221. The van der Waals surface area contributed by atoms with E-state index in [1.165, 1.54) is 12.8 Å². The molecule has 0 spiro atoms. The van der Waals surface area contributed by atoms with Crippen LogP contribution >= 0.6 is 0 Å². The van der Waals surface area contributed by atoms with E-state index in [1.54, 1.807) is 0 Å². The van der Waals surface area contributed by atoms with Gasteiger partial charge in [0.1, 0.15) is 0 Å². The Bertz CT molecular complexity index is 254. The van der Waals surface area contributed by atoms with E-state index in [4.69, 9.17) is 0 Å². The van der Waals surface area contributed by atoms with Crippen LogP contribution < -0.4 is 5.32 Å². The van der Waals surface area contributed by atoms with Gasteiger partial charge in [0.25, 0.3) is 0 Å². The summed E-state index contributed by atoms with van der Waals surface area (Å²) < 4.78 is 0. The third-order valence-corrected chi connectivity index (χ3v) is 3.64. The molecule has 18 heavy (non-hydrogen) atoms. The largest absolute Gasteiger partial charge is 0.342 e. The molecule has 106 valence electrons. The zero-order chi connectivity index (χ0) is 13.7. The van der Waals surface area contributed by atoms with Crippen LogP contribution in [-0.2, 0) is 4.79 Å². The number of rotatable bonds is 8. The minimum Gasteiger partial charge on any atom is -0.342 e. The molecule has 1 rings (SSSR count). The molecular weight excluding hydrogens is 226 g/mol. The van der Waals surface area contributed by atoms with Crippen molar-refractivity contribution < 1.29 is 4.79 Å². The van der Waals surface area contributed by atoms with Crippen LogP contribution in [0, 0.1) is 0 Å². The average molecular weight is 255 g/mol. The van der Waals surface area contributed by atoms with Crippen molar-refractivity contribution in [2.45, 2.75) is 58.7 Å². The first kappa shape index (κ1) is 15.4. The Labute approximate surface area is 112 Å². The fourth-order valence-corrected chi connectivity index (χ4v) is 2.31. The van der Waals surface area contributed by atoms with Gasteiger partial charge in [-0.3, -0.25) is 9.69 Å². The van der Waals surface area contributed by atoms with Gasteiger partial charge in [-0.25, -0.2) is 0 Å². The van der Waals surface area contributed by atoms with Crippen LogP contribution in [0.3, 0.4) is 0 Å². The predicted molar refractivity (Wildman–Crippen MR) is 75.6 cm³/mol. The quantitative estimate of drug-likeness (QED) is 0.664. The molecule has 0 radical (unpaired) electrons. The predicted octanol–water partition coefficient (Wildman–Crippen LogP) is 1.32. The van der Waals surface area contributed by atoms with Crippen molar-refractivity contribution in [3.63, 3.8) is 0 Å². The first-order valence-corrected chi connectivity index (χ1v) is 7.15. The van der Waals surface area contributed by atoms with Crippen LogP contribution in [0.4, 0.5) is 0 Å². The SMILES string of the molecule is CC(C)N(CCNCC(=O)N(C)C1CC1)C(C)C. The summed E-state index contributed by atoms with van der Waals surface area (Å²) in [5.41, 5.74) is 0. The van der Waals surface area contributed by atoms with Crippen LogP contribution in [0.1, 0.15) is 40.5 Å². The molecule has 1 fully saturated rings. The third kappa shape index (κ3) is 4.94. The number of carbonyl (C=O) groups excluding carboxylic acids is 1. The first-order valence-electron chi connectivity index (χ1n) is 7.15. The second-order valence-corrected chi connectivity index (χ2v) is 5.84. The summed E-state index contributed by atoms with van der Waals surface area (Å²) >= 11 is 0. The molecule has 0 atom stereocenters. The lowest BCUT2D eigenvalue weighted by Crippen LogP contribution is -2.43. The monoisotopic (exact) mass is 255 g/mol. The van der Waals surface area contributed by atoms with Gasteiger partial charge in [0.2, 0.25) is 5.91 Å². The molecule has 0 heterocycles. The highest BCUT2D eigenvalue weighted by molar-refractivity contribution is 5.78. The molecule has 1 aliphatic rings. The lowest BCUT2D eigenvalue weighted by molar-refractivity contribution is -0.129. The van der Waals surface area contributed by atoms with Crippen molar-refractivity contribution in [1.82, 2.24) is 15.1 Å². The molecule has 1 N–H and O–H groups in total. The molecule has 0 aromatic carbocycles. The molecule has 0 aliphatic heterocycles. The molecule has 0 bridgehead atoms. The normalized spacial score (nSPS) is 15.8. The van der Waals surface area contributed by atoms with E-state index in [9.17, 15) is 4.79 Å². The minimum atomic E-state index is 0.221. The van der Waals surface area contributed by atoms with Crippen LogP contribution in [0.2, 0.25) is 0 Å². The minimum absolute atomic E-state index is 0.221. The van der Waals surface area contributed by atoms with E-state index >= 15 is 0 Å². The van der Waals surface area contributed by atoms with Gasteiger partial charge in [-0.05, 0) is 40.5 Å². The number of amides is 1. The molecule has 0 unspecified atom stereocenters. The van der Waals surface area contributed by atoms with Crippen LogP contribution in [0.25, 0.3) is 0 Å². The van der Waals surface area contributed by atoms with Gasteiger partial charge in [-0.1, -0.05) is 0 Å². The van der Waals surface area contributed by atoms with Gasteiger partial charge < -0.3 is 10.2 Å². The molecule has 1 aliphatic carbocycles. The van der Waals surface area contributed by atoms with Crippen molar-refractivity contribution in [2.75, 3.05) is 26.7 Å². The van der Waals surface area contributed by atoms with E-state index in [1.807, 2.05) is 11.9 Å². The van der Waals surface area contributed by atoms with Crippen molar-refractivity contribution >= 4 is 5.91 Å². The Morgan fingerprint density at radius 3 is 2.22 bits per heavy atom. The zero-order valence-electron chi connectivity index (χ0n) is 12.6. The van der Waals surface area contributed by atoms with E-state index in [0.29, 0.717) is 24.7 Å². The third-order valence-electron chi connectivity index (χ3n) is 3.64. The standard InChI is InChI=1S/C14H29N3O/c1-11(2)17(12(3)4)9-8-15-10-14(18)16(5)13-6-7-13/h11-13,15H,6-10H2,1-5H3. The van der Waals surface area contributed by atoms with Crippen molar-refractivity contribution in [3.8, 4) is 0 Å². The fraction of sp³-hybridized carbons (Fsp3) is 0.929. The van der Waals surface area contributed by atoms with Gasteiger partial charge in [0, 0.05) is 38.3 Å². The second-order valence-electron chi connectivity index (χ2n) is 5.84. The Kier molecular flexibility index (Phi) is 6.09. The molecule has 1 amide bonds. The number of hydrogen-bond donors (Lipinski definition) is 1. The lowest BCUT2D eigenvalue weighted by atomic mass is 10.2. The number of hydrogen-bond acceptors (Lipinski definition) is 3. The van der Waals surface area contributed by atoms with Crippen LogP contribution in [0.5, 0.6) is 0 Å². The Balaban J connectivity index is 2.15. The number of nitrogens with zero attached hydrogens (tertiary/aromatic N) is 2. The molecule has 0 aromatic rings. The van der Waals surface area contributed by atoms with Gasteiger partial charge in [0.15, 0.2) is 0 Å². The lowest BCUT2D eigenvalue weighted by Gasteiger charge is -2.30. The Morgan fingerprint density at radius 1 is 1.22 bits per heavy atom. The Hall–Kier alpha value is -0.610. The van der Waals surface area contributed by atoms with E-state index in [2.05, 4.69) is 37.9 Å². The van der Waals surface area contributed by atoms with E-state index < -0.39 is 0 Å². The molecule has 0 saturated heterocycles. The van der Waals surface area contributed by atoms with Gasteiger partial charge >= 0.3 is 0 Å². The van der Waals surface area contributed by atoms with Crippen LogP contribution in [-0.4, -0.2) is 60.5 Å². The zero-order valence-corrected chi connectivity index (χ0v) is 12.6. The highest BCUT2D eigenvalue weighted by atomic mass is 16.2. The van der Waals surface area contributed by atoms with Crippen molar-refractivity contribution in [1.29, 1.82) is 0 Å². The summed E-state index contributed by atoms with van der Waals surface area (Å²) in [6.07, 6.45) is 2.35. The second kappa shape index (κ2) is 7.10. The first-order chi connectivity index (χ1) is 8.43. The Morgan fingerprint density at radius 2 is 1.78 bits per heavy atom. The number of nitrogens with one attached hydrogen (secondary N) is 1. The number of likely N-dealkylation sites (N-methyl/N-ethyl adjacent to an activating group) is 1. The van der Waals surface area contributed by atoms with Gasteiger partial charge in [-0.15, -0.1) is 0 Å². The summed E-state index contributed by atoms with van der Waals surface area (Å²) in [7, 11) is 1.91. The maximum Gasteiger partial charge on any atom is 0.236 e. The highest BCUT2D eigenvalue weighted by Crippen LogP contribution is 2.24. The van der Waals surface area contributed by atoms with Crippen molar-refractivity contribution in [2.24, 2.45) is 0 Å². The smallest absolute Gasteiger partial charge is 0.236 e. The fourth-order valence-electron chi connectivity index (χ4n) is 2.31. The summed E-state index contributed by atoms with van der Waals surface area (Å²) in [6, 6.07) is 1.62.